The molecule has 106 valence electrons. The lowest BCUT2D eigenvalue weighted by Gasteiger charge is -2.35. The van der Waals surface area contributed by atoms with E-state index in [0.717, 1.165) is 16.6 Å². The number of hydrogen-bond acceptors (Lipinski definition) is 2. The van der Waals surface area contributed by atoms with Gasteiger partial charge in [-0.1, -0.05) is 30.7 Å². The average Bonchev–Trinajstić information content (AvgIpc) is 2.42. The van der Waals surface area contributed by atoms with Crippen LogP contribution in [0.25, 0.3) is 0 Å². The Kier molecular flexibility index (Phi) is 5.53. The molecule has 0 bridgehead atoms. The first-order valence-corrected chi connectivity index (χ1v) is 7.82. The summed E-state index contributed by atoms with van der Waals surface area (Å²) in [4.78, 5) is 2.58. The first-order valence-electron chi connectivity index (χ1n) is 7.44. The average molecular weight is 281 g/mol. The predicted molar refractivity (Wildman–Crippen MR) is 84.0 cm³/mol. The molecule has 1 saturated heterocycles. The lowest BCUT2D eigenvalue weighted by Crippen LogP contribution is -2.39. The van der Waals surface area contributed by atoms with Crippen molar-refractivity contribution in [2.24, 2.45) is 5.92 Å². The van der Waals surface area contributed by atoms with Gasteiger partial charge in [0.25, 0.3) is 0 Å². The molecule has 1 fully saturated rings. The molecule has 0 aromatic heterocycles. The maximum Gasteiger partial charge on any atom is 0.0637 e. The van der Waals surface area contributed by atoms with Crippen molar-refractivity contribution in [2.75, 3.05) is 25.0 Å². The van der Waals surface area contributed by atoms with Gasteiger partial charge in [0.15, 0.2) is 0 Å². The van der Waals surface area contributed by atoms with E-state index in [9.17, 15) is 0 Å². The smallest absolute Gasteiger partial charge is 0.0637 e. The minimum Gasteiger partial charge on any atom is -0.381 e. The SMILES string of the molecule is CCCN1CCC(C(C)Nc2ccccc2Cl)CC1. The lowest BCUT2D eigenvalue weighted by molar-refractivity contribution is 0.176. The molecule has 1 aliphatic rings. The van der Waals surface area contributed by atoms with Crippen molar-refractivity contribution in [1.82, 2.24) is 4.90 Å². The van der Waals surface area contributed by atoms with Crippen molar-refractivity contribution in [1.29, 1.82) is 0 Å². The fourth-order valence-corrected chi connectivity index (χ4v) is 3.12. The monoisotopic (exact) mass is 280 g/mol. The van der Waals surface area contributed by atoms with Gasteiger partial charge in [-0.3, -0.25) is 0 Å². The summed E-state index contributed by atoms with van der Waals surface area (Å²) in [5.74, 6) is 0.754. The van der Waals surface area contributed by atoms with Crippen molar-refractivity contribution in [3.8, 4) is 0 Å². The van der Waals surface area contributed by atoms with Crippen LogP contribution in [-0.4, -0.2) is 30.6 Å². The second kappa shape index (κ2) is 7.16. The van der Waals surface area contributed by atoms with E-state index in [4.69, 9.17) is 11.6 Å². The third kappa shape index (κ3) is 4.12. The molecule has 0 aliphatic carbocycles. The van der Waals surface area contributed by atoms with Crippen LogP contribution in [-0.2, 0) is 0 Å². The van der Waals surface area contributed by atoms with Crippen LogP contribution in [0.1, 0.15) is 33.1 Å². The summed E-state index contributed by atoms with van der Waals surface area (Å²) in [7, 11) is 0. The van der Waals surface area contributed by atoms with E-state index >= 15 is 0 Å². The van der Waals surface area contributed by atoms with Crippen LogP contribution < -0.4 is 5.32 Å². The quantitative estimate of drug-likeness (QED) is 0.867. The van der Waals surface area contributed by atoms with Crippen LogP contribution in [0.2, 0.25) is 5.02 Å². The van der Waals surface area contributed by atoms with Crippen molar-refractivity contribution >= 4 is 17.3 Å². The van der Waals surface area contributed by atoms with Gasteiger partial charge in [0.05, 0.1) is 10.7 Å². The summed E-state index contributed by atoms with van der Waals surface area (Å²) in [6.07, 6.45) is 3.84. The summed E-state index contributed by atoms with van der Waals surface area (Å²) < 4.78 is 0. The van der Waals surface area contributed by atoms with Gasteiger partial charge in [-0.25, -0.2) is 0 Å². The van der Waals surface area contributed by atoms with Crippen LogP contribution in [0.4, 0.5) is 5.69 Å². The van der Waals surface area contributed by atoms with Crippen molar-refractivity contribution in [2.45, 2.75) is 39.2 Å². The number of likely N-dealkylation sites (tertiary alicyclic amines) is 1. The molecule has 1 unspecified atom stereocenters. The van der Waals surface area contributed by atoms with Crippen LogP contribution in [0.15, 0.2) is 24.3 Å². The van der Waals surface area contributed by atoms with E-state index in [1.807, 2.05) is 18.2 Å². The normalized spacial score (nSPS) is 19.3. The summed E-state index contributed by atoms with van der Waals surface area (Å²) >= 11 is 6.20. The number of rotatable bonds is 5. The fraction of sp³-hybridized carbons (Fsp3) is 0.625. The molecule has 1 aromatic carbocycles. The third-order valence-electron chi connectivity index (χ3n) is 4.14. The highest BCUT2D eigenvalue weighted by atomic mass is 35.5. The van der Waals surface area contributed by atoms with Crippen LogP contribution in [0.3, 0.4) is 0 Å². The van der Waals surface area contributed by atoms with Crippen LogP contribution >= 0.6 is 11.6 Å². The number of hydrogen-bond donors (Lipinski definition) is 1. The lowest BCUT2D eigenvalue weighted by atomic mass is 9.90. The number of para-hydroxylation sites is 1. The van der Waals surface area contributed by atoms with Crippen molar-refractivity contribution in [3.63, 3.8) is 0 Å². The molecule has 0 spiro atoms. The highest BCUT2D eigenvalue weighted by Crippen LogP contribution is 2.26. The van der Waals surface area contributed by atoms with Gasteiger partial charge in [0.2, 0.25) is 0 Å². The maximum absolute atomic E-state index is 6.20. The summed E-state index contributed by atoms with van der Waals surface area (Å²) in [5, 5.41) is 4.39. The summed E-state index contributed by atoms with van der Waals surface area (Å²) in [5.41, 5.74) is 1.06. The molecule has 19 heavy (non-hydrogen) atoms. The van der Waals surface area contributed by atoms with Gasteiger partial charge in [-0.2, -0.15) is 0 Å². The van der Waals surface area contributed by atoms with E-state index in [0.29, 0.717) is 6.04 Å². The van der Waals surface area contributed by atoms with E-state index in [-0.39, 0.29) is 0 Å². The van der Waals surface area contributed by atoms with Gasteiger partial charge in [0.1, 0.15) is 0 Å². The van der Waals surface area contributed by atoms with Gasteiger partial charge >= 0.3 is 0 Å². The number of nitrogens with one attached hydrogen (secondary N) is 1. The molecule has 1 atom stereocenters. The van der Waals surface area contributed by atoms with Gasteiger partial charge in [-0.15, -0.1) is 0 Å². The second-order valence-corrected chi connectivity index (χ2v) is 6.00. The molecule has 1 N–H and O–H groups in total. The second-order valence-electron chi connectivity index (χ2n) is 5.59. The number of benzene rings is 1. The number of anilines is 1. The first kappa shape index (κ1) is 14.7. The highest BCUT2D eigenvalue weighted by molar-refractivity contribution is 6.33. The minimum atomic E-state index is 0.490. The predicted octanol–water partition coefficient (Wildman–Crippen LogP) is 4.26. The Bertz CT molecular complexity index is 386. The van der Waals surface area contributed by atoms with Gasteiger partial charge in [-0.05, 0) is 63.9 Å². The zero-order chi connectivity index (χ0) is 13.7. The highest BCUT2D eigenvalue weighted by Gasteiger charge is 2.23. The molecule has 1 aromatic rings. The van der Waals surface area contributed by atoms with E-state index < -0.39 is 0 Å². The molecular formula is C16H25ClN2. The molecule has 3 heteroatoms. The molecular weight excluding hydrogens is 256 g/mol. The zero-order valence-electron chi connectivity index (χ0n) is 12.0. The summed E-state index contributed by atoms with van der Waals surface area (Å²) in [6.45, 7) is 8.27. The first-order chi connectivity index (χ1) is 9.20. The fourth-order valence-electron chi connectivity index (χ4n) is 2.93. The van der Waals surface area contributed by atoms with Crippen molar-refractivity contribution < 1.29 is 0 Å². The Hall–Kier alpha value is -0.730. The Morgan fingerprint density at radius 2 is 2.00 bits per heavy atom. The topological polar surface area (TPSA) is 15.3 Å². The number of nitrogens with zero attached hydrogens (tertiary/aromatic N) is 1. The molecule has 1 heterocycles. The van der Waals surface area contributed by atoms with Gasteiger partial charge < -0.3 is 10.2 Å². The Balaban J connectivity index is 1.85. The van der Waals surface area contributed by atoms with Crippen LogP contribution in [0, 0.1) is 5.92 Å². The number of halogens is 1. The molecule has 0 saturated carbocycles. The van der Waals surface area contributed by atoms with Crippen molar-refractivity contribution in [3.05, 3.63) is 29.3 Å². The Morgan fingerprint density at radius 3 is 2.63 bits per heavy atom. The Morgan fingerprint density at radius 1 is 1.32 bits per heavy atom. The van der Waals surface area contributed by atoms with E-state index in [2.05, 4.69) is 30.1 Å². The van der Waals surface area contributed by atoms with Crippen LogP contribution in [0.5, 0.6) is 0 Å². The Labute approximate surface area is 122 Å². The number of piperidine rings is 1. The minimum absolute atomic E-state index is 0.490. The van der Waals surface area contributed by atoms with E-state index in [1.165, 1.54) is 38.9 Å². The largest absolute Gasteiger partial charge is 0.381 e. The zero-order valence-corrected chi connectivity index (χ0v) is 12.8. The molecule has 2 nitrogen and oxygen atoms in total. The van der Waals surface area contributed by atoms with E-state index in [1.54, 1.807) is 0 Å². The molecule has 1 aliphatic heterocycles. The van der Waals surface area contributed by atoms with Gasteiger partial charge in [0, 0.05) is 6.04 Å². The summed E-state index contributed by atoms with van der Waals surface area (Å²) in [6, 6.07) is 8.50. The third-order valence-corrected chi connectivity index (χ3v) is 4.47. The maximum atomic E-state index is 6.20. The molecule has 2 rings (SSSR count). The molecule has 0 radical (unpaired) electrons. The standard InChI is InChI=1S/C16H25ClN2/c1-3-10-19-11-8-14(9-12-19)13(2)18-16-7-5-4-6-15(16)17/h4-7,13-14,18H,3,8-12H2,1-2H3. The molecule has 0 amide bonds.